The number of unbranched alkanes of at least 4 members (excludes halogenated alkanes) is 3. The van der Waals surface area contributed by atoms with Crippen LogP contribution in [0.3, 0.4) is 0 Å². The van der Waals surface area contributed by atoms with Gasteiger partial charge in [0.1, 0.15) is 6.04 Å². The molecule has 0 unspecified atom stereocenters. The number of aliphatic carboxylic acids is 1. The molecule has 18 heteroatoms. The first-order valence-corrected chi connectivity index (χ1v) is 16.9. The second kappa shape index (κ2) is 40.5. The van der Waals surface area contributed by atoms with Crippen molar-refractivity contribution in [3.63, 3.8) is 0 Å². The molecule has 0 aromatic carbocycles. The van der Waals surface area contributed by atoms with Gasteiger partial charge in [-0.2, -0.15) is 12.0 Å². The molecule has 1 atom stereocenters. The predicted octanol–water partition coefficient (Wildman–Crippen LogP) is -3.03. The number of amides is 4. The van der Waals surface area contributed by atoms with Crippen molar-refractivity contribution in [2.45, 2.75) is 83.1 Å². The van der Waals surface area contributed by atoms with Crippen molar-refractivity contribution in [2.24, 2.45) is 4.99 Å². The first-order valence-electron chi connectivity index (χ1n) is 16.9. The maximum absolute atomic E-state index is 12.9. The van der Waals surface area contributed by atoms with Gasteiger partial charge in [0.25, 0.3) is 0 Å². The summed E-state index contributed by atoms with van der Waals surface area (Å²) in [5.41, 5.74) is 9.00. The predicted molar refractivity (Wildman–Crippen MR) is 182 cm³/mol. The molecule has 4 amide bonds. The second-order valence-corrected chi connectivity index (χ2v) is 10.7. The molecule has 0 rings (SSSR count). The van der Waals surface area contributed by atoms with E-state index in [4.69, 9.17) is 29.6 Å². The molecule has 0 fully saturated rings. The van der Waals surface area contributed by atoms with E-state index in [2.05, 4.69) is 45.4 Å². The van der Waals surface area contributed by atoms with Gasteiger partial charge in [0, 0.05) is 45.4 Å². The van der Waals surface area contributed by atoms with Crippen LogP contribution in [-0.4, -0.2) is 126 Å². The van der Waals surface area contributed by atoms with Crippen molar-refractivity contribution >= 4 is 36.3 Å². The van der Waals surface area contributed by atoms with E-state index in [0.717, 1.165) is 19.3 Å². The van der Waals surface area contributed by atoms with Crippen molar-refractivity contribution in [3.05, 3.63) is 6.92 Å². The normalized spacial score (nSPS) is 10.8. The zero-order valence-electron chi connectivity index (χ0n) is 30.1. The van der Waals surface area contributed by atoms with E-state index in [1.807, 2.05) is 0 Å². The molecular weight excluding hydrogens is 649 g/mol. The van der Waals surface area contributed by atoms with E-state index in [0.29, 0.717) is 104 Å². The van der Waals surface area contributed by atoms with E-state index in [9.17, 15) is 24.0 Å². The maximum atomic E-state index is 12.9. The van der Waals surface area contributed by atoms with Crippen LogP contribution < -0.4 is 45.7 Å². The summed E-state index contributed by atoms with van der Waals surface area (Å²) in [6.07, 6.45) is 6.10. The summed E-state index contributed by atoms with van der Waals surface area (Å²) >= 11 is 0. The number of carboxylic acid groups (broad SMARTS) is 1. The number of hydrogen-bond donors (Lipinski definition) is 7. The number of hydrogen-bond acceptors (Lipinski definition) is 11. The Labute approximate surface area is 309 Å². The molecular formula is C32H61LiN7O10+. The van der Waals surface area contributed by atoms with Crippen LogP contribution in [0.25, 0.3) is 0 Å². The molecule has 0 radical (unpaired) electrons. The monoisotopic (exact) mass is 710 g/mol. The molecule has 0 aromatic rings. The number of nitrogens with zero attached hydrogens (tertiary/aromatic N) is 1. The minimum atomic E-state index is -0.904. The van der Waals surface area contributed by atoms with Gasteiger partial charge in [-0.3, -0.25) is 24.0 Å². The van der Waals surface area contributed by atoms with Crippen LogP contribution in [-0.2, 0) is 42.9 Å². The average molecular weight is 711 g/mol. The number of rotatable bonds is 34. The van der Waals surface area contributed by atoms with E-state index >= 15 is 0 Å². The third kappa shape index (κ3) is 37.9. The molecule has 284 valence electrons. The molecule has 0 saturated heterocycles. The molecule has 0 heterocycles. The first-order chi connectivity index (χ1) is 23.8. The number of carbonyl (C=O) groups excluding carboxylic acids is 4. The van der Waals surface area contributed by atoms with Crippen LogP contribution in [0.15, 0.2) is 4.99 Å². The van der Waals surface area contributed by atoms with E-state index < -0.39 is 12.0 Å². The number of carbonyl (C=O) groups is 5. The summed E-state index contributed by atoms with van der Waals surface area (Å²) in [6, 6.07) is -0.733. The Morgan fingerprint density at radius 1 is 0.660 bits per heavy atom. The second-order valence-electron chi connectivity index (χ2n) is 10.7. The minimum absolute atomic E-state index is 0. The Kier molecular flexibility index (Phi) is 41.6. The van der Waals surface area contributed by atoms with Crippen LogP contribution in [0.5, 0.6) is 0 Å². The Balaban J connectivity index is -0.00000722. The molecule has 0 aliphatic heterocycles. The summed E-state index contributed by atoms with van der Waals surface area (Å²) in [5.74, 6) is -1.58. The smallest absolute Gasteiger partial charge is 0.481 e. The van der Waals surface area contributed by atoms with Crippen molar-refractivity contribution in [1.82, 2.24) is 21.3 Å². The quantitative estimate of drug-likeness (QED) is 0.0117. The van der Waals surface area contributed by atoms with Gasteiger partial charge in [-0.05, 0) is 45.2 Å². The topological polar surface area (TPSA) is 252 Å². The molecule has 17 nitrogen and oxygen atoms in total. The van der Waals surface area contributed by atoms with Gasteiger partial charge in [-0.15, -0.1) is 0 Å². The molecule has 0 aliphatic rings. The average Bonchev–Trinajstić information content (AvgIpc) is 3.09. The molecule has 0 spiro atoms. The Morgan fingerprint density at radius 2 is 1.18 bits per heavy atom. The molecule has 0 aliphatic carbocycles. The van der Waals surface area contributed by atoms with Crippen LogP contribution in [0.1, 0.15) is 77.0 Å². The number of nitrogens with two attached hydrogens (primary N) is 1. The largest absolute Gasteiger partial charge is 1.00 e. The van der Waals surface area contributed by atoms with Crippen molar-refractivity contribution < 1.29 is 72.4 Å². The van der Waals surface area contributed by atoms with Gasteiger partial charge < -0.3 is 57.2 Å². The van der Waals surface area contributed by atoms with Crippen LogP contribution >= 0.6 is 0 Å². The van der Waals surface area contributed by atoms with E-state index in [-0.39, 0.29) is 75.1 Å². The fraction of sp³-hybridized carbons (Fsp3) is 0.781. The van der Waals surface area contributed by atoms with E-state index in [1.165, 1.54) is 0 Å². The summed E-state index contributed by atoms with van der Waals surface area (Å²) in [5, 5.41) is 19.8. The van der Waals surface area contributed by atoms with Crippen molar-refractivity contribution in [3.8, 4) is 0 Å². The van der Waals surface area contributed by atoms with Gasteiger partial charge >= 0.3 is 24.8 Å². The summed E-state index contributed by atoms with van der Waals surface area (Å²) in [6.45, 7) is 11.4. The molecule has 8 N–H and O–H groups in total. The van der Waals surface area contributed by atoms with Gasteiger partial charge in [0.15, 0.2) is 0 Å². The standard InChI is InChI=1S/C32H58N5O10.Li.H2N2/c1-3-4-11-28(38)34-16-8-5-10-27(37-30(40)13-9-17-35-29(39)12-6-7-15-33-2)32(43)36-18-20-45-22-24-47-26-25-46-23-21-44-19-14-31(41)42;;1-2/h27H,1-26H2,(H,34,38)(H,35,39)(H,36,43)(H,37,40)(H,41,42);;1-2H/q-1;+1;/p+1/t27-;;/m0../s1. The molecule has 0 aromatic heterocycles. The SMILES string of the molecule is C=NCCCCC(=O)NCCCC(=O)N[C@@H](CCCCNC(=O)CCC[CH2-])C(=O)NCCOCCOCCOCCOCCC(=O)O.N=[NH2+].[Li+]. The summed E-state index contributed by atoms with van der Waals surface area (Å²) in [7, 11) is 0. The van der Waals surface area contributed by atoms with Crippen LogP contribution in [0, 0.1) is 12.5 Å². The van der Waals surface area contributed by atoms with Crippen LogP contribution in [0.4, 0.5) is 0 Å². The fourth-order valence-electron chi connectivity index (χ4n) is 3.98. The third-order valence-electron chi connectivity index (χ3n) is 6.54. The molecule has 0 bridgehead atoms. The summed E-state index contributed by atoms with van der Waals surface area (Å²) < 4.78 is 21.4. The van der Waals surface area contributed by atoms with Gasteiger partial charge in [-0.1, -0.05) is 12.0 Å². The van der Waals surface area contributed by atoms with E-state index in [1.54, 1.807) is 0 Å². The minimum Gasteiger partial charge on any atom is -0.481 e. The number of nitrogens with one attached hydrogen (secondary N) is 5. The fourth-order valence-corrected chi connectivity index (χ4v) is 3.98. The first kappa shape index (κ1) is 51.4. The van der Waals surface area contributed by atoms with Gasteiger partial charge in [-0.25, -0.2) is 0 Å². The maximum Gasteiger partial charge on any atom is 1.00 e. The Hall–Kier alpha value is -2.94. The Bertz CT molecular complexity index is 890. The number of aliphatic imine (C=N–C) groups is 1. The molecule has 0 saturated carbocycles. The van der Waals surface area contributed by atoms with Crippen molar-refractivity contribution in [1.29, 1.82) is 5.53 Å². The zero-order valence-corrected chi connectivity index (χ0v) is 30.1. The number of ether oxygens (including phenoxy) is 4. The van der Waals surface area contributed by atoms with Gasteiger partial charge in [0.2, 0.25) is 23.6 Å². The summed E-state index contributed by atoms with van der Waals surface area (Å²) in [4.78, 5) is 63.3. The zero-order chi connectivity index (χ0) is 36.8. The Morgan fingerprint density at radius 3 is 1.74 bits per heavy atom. The third-order valence-corrected chi connectivity index (χ3v) is 6.54. The van der Waals surface area contributed by atoms with Gasteiger partial charge in [0.05, 0.1) is 59.3 Å². The van der Waals surface area contributed by atoms with Crippen LogP contribution in [0.2, 0.25) is 0 Å². The number of carboxylic acids is 1. The molecule has 50 heavy (non-hydrogen) atoms. The van der Waals surface area contributed by atoms with Crippen molar-refractivity contribution in [2.75, 3.05) is 79.0 Å².